The third kappa shape index (κ3) is 8.07. The van der Waals surface area contributed by atoms with Gasteiger partial charge < -0.3 is 9.80 Å². The molecule has 33 heavy (non-hydrogen) atoms. The van der Waals surface area contributed by atoms with E-state index in [9.17, 15) is 22.4 Å². The standard InChI is InChI=1S/C24H38FN3O4S/c1-4-6-7-8-9-10-22(29)27-15-17-28(18-16-27)24(30)23(19(3)5-2)26-33(31,32)21-13-11-20(25)12-14-21/h11-14,19,23,26H,4-10,15-18H2,1-3H3. The summed E-state index contributed by atoms with van der Waals surface area (Å²) in [6.07, 6.45) is 6.60. The molecule has 0 saturated carbocycles. The lowest BCUT2D eigenvalue weighted by atomic mass is 9.98. The van der Waals surface area contributed by atoms with Crippen LogP contribution in [0.3, 0.4) is 0 Å². The molecule has 1 saturated heterocycles. The fourth-order valence-electron chi connectivity index (χ4n) is 3.91. The number of carbonyl (C=O) groups excluding carboxylic acids is 2. The van der Waals surface area contributed by atoms with Crippen LogP contribution in [0.5, 0.6) is 0 Å². The summed E-state index contributed by atoms with van der Waals surface area (Å²) in [7, 11) is -3.99. The van der Waals surface area contributed by atoms with Crippen LogP contribution < -0.4 is 4.72 Å². The number of hydrogen-bond donors (Lipinski definition) is 1. The summed E-state index contributed by atoms with van der Waals surface area (Å²) in [5.41, 5.74) is 0. The highest BCUT2D eigenvalue weighted by Gasteiger charge is 2.34. The minimum Gasteiger partial charge on any atom is -0.339 e. The average Bonchev–Trinajstić information content (AvgIpc) is 2.81. The van der Waals surface area contributed by atoms with Crippen molar-refractivity contribution in [3.8, 4) is 0 Å². The van der Waals surface area contributed by atoms with Gasteiger partial charge in [0.05, 0.1) is 4.90 Å². The summed E-state index contributed by atoms with van der Waals surface area (Å²) in [6.45, 7) is 7.56. The lowest BCUT2D eigenvalue weighted by molar-refractivity contribution is -0.141. The van der Waals surface area contributed by atoms with Gasteiger partial charge in [-0.25, -0.2) is 12.8 Å². The van der Waals surface area contributed by atoms with Gasteiger partial charge in [-0.15, -0.1) is 0 Å². The van der Waals surface area contributed by atoms with Crippen molar-refractivity contribution in [1.82, 2.24) is 14.5 Å². The first-order valence-electron chi connectivity index (χ1n) is 12.0. The van der Waals surface area contributed by atoms with E-state index in [4.69, 9.17) is 0 Å². The molecule has 7 nitrogen and oxygen atoms in total. The van der Waals surface area contributed by atoms with E-state index in [2.05, 4.69) is 11.6 Å². The highest BCUT2D eigenvalue weighted by Crippen LogP contribution is 2.18. The van der Waals surface area contributed by atoms with Crippen LogP contribution in [0.4, 0.5) is 4.39 Å². The van der Waals surface area contributed by atoms with Crippen LogP contribution in [0.2, 0.25) is 0 Å². The Hall–Kier alpha value is -2.00. The van der Waals surface area contributed by atoms with E-state index >= 15 is 0 Å². The summed E-state index contributed by atoms with van der Waals surface area (Å²) < 4.78 is 41.4. The van der Waals surface area contributed by atoms with Crippen LogP contribution in [-0.2, 0) is 19.6 Å². The number of nitrogens with zero attached hydrogens (tertiary/aromatic N) is 2. The van der Waals surface area contributed by atoms with E-state index in [0.29, 0.717) is 39.0 Å². The molecule has 0 radical (unpaired) electrons. The minimum absolute atomic E-state index is 0.0839. The van der Waals surface area contributed by atoms with E-state index in [-0.39, 0.29) is 22.6 Å². The number of carbonyl (C=O) groups is 2. The lowest BCUT2D eigenvalue weighted by Gasteiger charge is -2.37. The average molecular weight is 484 g/mol. The molecule has 2 atom stereocenters. The third-order valence-electron chi connectivity index (χ3n) is 6.32. The molecule has 0 spiro atoms. The van der Waals surface area contributed by atoms with Gasteiger partial charge in [-0.1, -0.05) is 52.9 Å². The second kappa shape index (κ2) is 13.0. The molecule has 1 aliphatic rings. The predicted octanol–water partition coefficient (Wildman–Crippen LogP) is 3.55. The Morgan fingerprint density at radius 1 is 0.970 bits per heavy atom. The Bertz CT molecular complexity index is 868. The van der Waals surface area contributed by atoms with Crippen LogP contribution in [0.15, 0.2) is 29.2 Å². The minimum atomic E-state index is -3.99. The molecule has 1 N–H and O–H groups in total. The number of piperazine rings is 1. The Labute approximate surface area is 197 Å². The Kier molecular flexibility index (Phi) is 10.8. The fourth-order valence-corrected chi connectivity index (χ4v) is 5.20. The van der Waals surface area contributed by atoms with Gasteiger partial charge in [0.25, 0.3) is 0 Å². The van der Waals surface area contributed by atoms with Gasteiger partial charge in [-0.05, 0) is 36.6 Å². The summed E-state index contributed by atoms with van der Waals surface area (Å²) >= 11 is 0. The van der Waals surface area contributed by atoms with Crippen LogP contribution in [-0.4, -0.2) is 62.3 Å². The zero-order valence-corrected chi connectivity index (χ0v) is 20.9. The zero-order valence-electron chi connectivity index (χ0n) is 20.1. The van der Waals surface area contributed by atoms with E-state index in [0.717, 1.165) is 31.4 Å². The topological polar surface area (TPSA) is 86.8 Å². The van der Waals surface area contributed by atoms with Gasteiger partial charge in [0, 0.05) is 32.6 Å². The number of nitrogens with one attached hydrogen (secondary N) is 1. The quantitative estimate of drug-likeness (QED) is 0.461. The third-order valence-corrected chi connectivity index (χ3v) is 7.78. The van der Waals surface area contributed by atoms with Crippen molar-refractivity contribution in [3.63, 3.8) is 0 Å². The highest BCUT2D eigenvalue weighted by atomic mass is 32.2. The van der Waals surface area contributed by atoms with Gasteiger partial charge >= 0.3 is 0 Å². The lowest BCUT2D eigenvalue weighted by Crippen LogP contribution is -2.57. The molecule has 1 heterocycles. The number of rotatable bonds is 12. The molecule has 1 fully saturated rings. The Morgan fingerprint density at radius 3 is 2.12 bits per heavy atom. The number of benzene rings is 1. The molecule has 2 unspecified atom stereocenters. The maximum absolute atomic E-state index is 13.2. The van der Waals surface area contributed by atoms with Gasteiger partial charge in [-0.3, -0.25) is 9.59 Å². The van der Waals surface area contributed by atoms with Crippen molar-refractivity contribution in [3.05, 3.63) is 30.1 Å². The van der Waals surface area contributed by atoms with Crippen molar-refractivity contribution < 1.29 is 22.4 Å². The number of halogens is 1. The van der Waals surface area contributed by atoms with E-state index in [1.807, 2.05) is 13.8 Å². The summed E-state index contributed by atoms with van der Waals surface area (Å²) in [5.74, 6) is -0.928. The maximum Gasteiger partial charge on any atom is 0.241 e. The molecule has 0 aliphatic carbocycles. The Morgan fingerprint density at radius 2 is 1.55 bits per heavy atom. The molecule has 9 heteroatoms. The van der Waals surface area contributed by atoms with E-state index in [1.54, 1.807) is 9.80 Å². The van der Waals surface area contributed by atoms with E-state index < -0.39 is 21.9 Å². The first kappa shape index (κ1) is 27.2. The second-order valence-electron chi connectivity index (χ2n) is 8.81. The number of amides is 2. The molecule has 0 bridgehead atoms. The summed E-state index contributed by atoms with van der Waals surface area (Å²) in [6, 6.07) is 3.60. The van der Waals surface area contributed by atoms with Crippen molar-refractivity contribution in [2.24, 2.45) is 5.92 Å². The molecule has 2 amide bonds. The first-order chi connectivity index (χ1) is 15.7. The van der Waals surface area contributed by atoms with Crippen LogP contribution in [0.25, 0.3) is 0 Å². The van der Waals surface area contributed by atoms with Crippen LogP contribution in [0.1, 0.15) is 65.7 Å². The number of sulfonamides is 1. The van der Waals surface area contributed by atoms with Crippen molar-refractivity contribution in [2.45, 2.75) is 76.7 Å². The van der Waals surface area contributed by atoms with Gasteiger partial charge in [0.1, 0.15) is 11.9 Å². The molecular weight excluding hydrogens is 445 g/mol. The largest absolute Gasteiger partial charge is 0.339 e. The van der Waals surface area contributed by atoms with Crippen molar-refractivity contribution >= 4 is 21.8 Å². The summed E-state index contributed by atoms with van der Waals surface area (Å²) in [4.78, 5) is 29.1. The van der Waals surface area contributed by atoms with Crippen LogP contribution >= 0.6 is 0 Å². The molecule has 186 valence electrons. The van der Waals surface area contributed by atoms with E-state index in [1.165, 1.54) is 25.0 Å². The predicted molar refractivity (Wildman–Crippen MR) is 127 cm³/mol. The van der Waals surface area contributed by atoms with Crippen LogP contribution in [0, 0.1) is 11.7 Å². The van der Waals surface area contributed by atoms with Gasteiger partial charge in [0.15, 0.2) is 0 Å². The zero-order chi connectivity index (χ0) is 24.4. The SMILES string of the molecule is CCCCCCCC(=O)N1CCN(C(=O)C(NS(=O)(=O)c2ccc(F)cc2)C(C)CC)CC1. The monoisotopic (exact) mass is 483 g/mol. The van der Waals surface area contributed by atoms with Crippen molar-refractivity contribution in [1.29, 1.82) is 0 Å². The molecular formula is C24H38FN3O4S. The number of unbranched alkanes of at least 4 members (excludes halogenated alkanes) is 4. The molecule has 2 rings (SSSR count). The fraction of sp³-hybridized carbons (Fsp3) is 0.667. The Balaban J connectivity index is 1.96. The molecule has 1 aromatic rings. The van der Waals surface area contributed by atoms with Gasteiger partial charge in [0.2, 0.25) is 21.8 Å². The molecule has 1 aromatic carbocycles. The molecule has 1 aliphatic heterocycles. The first-order valence-corrected chi connectivity index (χ1v) is 13.5. The number of hydrogen-bond acceptors (Lipinski definition) is 4. The summed E-state index contributed by atoms with van der Waals surface area (Å²) in [5, 5.41) is 0. The van der Waals surface area contributed by atoms with Gasteiger partial charge in [-0.2, -0.15) is 4.72 Å². The normalized spacial score (nSPS) is 16.5. The molecule has 0 aromatic heterocycles. The van der Waals surface area contributed by atoms with Crippen molar-refractivity contribution in [2.75, 3.05) is 26.2 Å². The highest BCUT2D eigenvalue weighted by molar-refractivity contribution is 7.89. The maximum atomic E-state index is 13.2. The second-order valence-corrected chi connectivity index (χ2v) is 10.5. The smallest absolute Gasteiger partial charge is 0.241 e.